The molecule has 2 aromatic heterocycles. The Kier molecular flexibility index (Phi) is 5.22. The van der Waals surface area contributed by atoms with E-state index in [-0.39, 0.29) is 17.9 Å². The number of likely N-dealkylation sites (tertiary alicyclic amines) is 1. The molecule has 1 N–H and O–H groups in total. The molecule has 0 aliphatic carbocycles. The standard InChI is InChI=1S/C18H24N4O2S/c1-12-17(25-11-20-12)10-19-18(24)16-8-7-14(21(16)3)15-6-4-5-9-22(15)13(2)23/h7-8,11,15H,4-6,9-10H2,1-3H3,(H,19,24). The molecule has 0 radical (unpaired) electrons. The quantitative estimate of drug-likeness (QED) is 0.912. The van der Waals surface area contributed by atoms with Gasteiger partial charge in [-0.2, -0.15) is 0 Å². The molecular formula is C18H24N4O2S. The van der Waals surface area contributed by atoms with Crippen LogP contribution in [0.2, 0.25) is 0 Å². The summed E-state index contributed by atoms with van der Waals surface area (Å²) in [6.07, 6.45) is 3.09. The van der Waals surface area contributed by atoms with E-state index in [9.17, 15) is 9.59 Å². The number of amides is 2. The maximum atomic E-state index is 12.6. The minimum Gasteiger partial charge on any atom is -0.346 e. The van der Waals surface area contributed by atoms with Crippen LogP contribution < -0.4 is 5.32 Å². The summed E-state index contributed by atoms with van der Waals surface area (Å²) in [7, 11) is 1.90. The fourth-order valence-electron chi connectivity index (χ4n) is 3.45. The summed E-state index contributed by atoms with van der Waals surface area (Å²) in [5.74, 6) is -0.00990. The lowest BCUT2D eigenvalue weighted by atomic mass is 9.99. The van der Waals surface area contributed by atoms with Gasteiger partial charge in [0.05, 0.1) is 23.8 Å². The summed E-state index contributed by atoms with van der Waals surface area (Å²) in [5.41, 5.74) is 4.38. The first kappa shape index (κ1) is 17.7. The molecule has 7 heteroatoms. The molecule has 1 atom stereocenters. The maximum absolute atomic E-state index is 12.6. The monoisotopic (exact) mass is 360 g/mol. The lowest BCUT2D eigenvalue weighted by molar-refractivity contribution is -0.132. The summed E-state index contributed by atoms with van der Waals surface area (Å²) >= 11 is 1.55. The van der Waals surface area contributed by atoms with Crippen molar-refractivity contribution in [2.45, 2.75) is 45.7 Å². The van der Waals surface area contributed by atoms with E-state index in [0.717, 1.165) is 42.1 Å². The topological polar surface area (TPSA) is 67.2 Å². The zero-order valence-electron chi connectivity index (χ0n) is 14.9. The fourth-order valence-corrected chi connectivity index (χ4v) is 4.17. The summed E-state index contributed by atoms with van der Waals surface area (Å²) in [6, 6.07) is 3.87. The molecule has 0 bridgehead atoms. The van der Waals surface area contributed by atoms with Crippen LogP contribution in [0, 0.1) is 6.92 Å². The zero-order valence-corrected chi connectivity index (χ0v) is 15.7. The number of rotatable bonds is 4. The molecule has 1 aliphatic heterocycles. The number of hydrogen-bond acceptors (Lipinski definition) is 4. The molecule has 3 rings (SSSR count). The van der Waals surface area contributed by atoms with Crippen LogP contribution in [0.15, 0.2) is 17.6 Å². The molecule has 0 spiro atoms. The minimum absolute atomic E-state index is 0.0570. The van der Waals surface area contributed by atoms with Crippen molar-refractivity contribution in [3.63, 3.8) is 0 Å². The Labute approximate surface area is 151 Å². The molecule has 1 aliphatic rings. The van der Waals surface area contributed by atoms with Crippen molar-refractivity contribution in [2.24, 2.45) is 7.05 Å². The Balaban J connectivity index is 1.75. The molecule has 3 heterocycles. The summed E-state index contributed by atoms with van der Waals surface area (Å²) in [6.45, 7) is 4.83. The number of carbonyl (C=O) groups excluding carboxylic acids is 2. The number of nitrogens with one attached hydrogen (secondary N) is 1. The highest BCUT2D eigenvalue weighted by Gasteiger charge is 2.28. The second-order valence-corrected chi connectivity index (χ2v) is 7.41. The normalized spacial score (nSPS) is 17.6. The molecule has 2 amide bonds. The van der Waals surface area contributed by atoms with Crippen molar-refractivity contribution < 1.29 is 9.59 Å². The average Bonchev–Trinajstić information content (AvgIpc) is 3.18. The first-order valence-electron chi connectivity index (χ1n) is 8.59. The molecule has 6 nitrogen and oxygen atoms in total. The molecule has 134 valence electrons. The largest absolute Gasteiger partial charge is 0.346 e. The minimum atomic E-state index is -0.105. The number of aryl methyl sites for hydroxylation is 1. The third-order valence-corrected chi connectivity index (χ3v) is 5.83. The van der Waals surface area contributed by atoms with Gasteiger partial charge in [-0.15, -0.1) is 11.3 Å². The molecule has 1 saturated heterocycles. The van der Waals surface area contributed by atoms with E-state index in [0.29, 0.717) is 12.2 Å². The predicted octanol–water partition coefficient (Wildman–Crippen LogP) is 2.79. The zero-order chi connectivity index (χ0) is 18.0. The van der Waals surface area contributed by atoms with Crippen molar-refractivity contribution in [1.29, 1.82) is 0 Å². The molecule has 2 aromatic rings. The summed E-state index contributed by atoms with van der Waals surface area (Å²) < 4.78 is 1.92. The van der Waals surface area contributed by atoms with E-state index < -0.39 is 0 Å². The fraction of sp³-hybridized carbons (Fsp3) is 0.500. The summed E-state index contributed by atoms with van der Waals surface area (Å²) in [4.78, 5) is 31.7. The first-order valence-corrected chi connectivity index (χ1v) is 9.47. The van der Waals surface area contributed by atoms with Gasteiger partial charge in [0, 0.05) is 31.1 Å². The number of carbonyl (C=O) groups is 2. The highest BCUT2D eigenvalue weighted by atomic mass is 32.1. The van der Waals surface area contributed by atoms with Crippen LogP contribution in [0.3, 0.4) is 0 Å². The van der Waals surface area contributed by atoms with Gasteiger partial charge in [0.2, 0.25) is 5.91 Å². The van der Waals surface area contributed by atoms with Crippen LogP contribution >= 0.6 is 11.3 Å². The van der Waals surface area contributed by atoms with Crippen molar-refractivity contribution in [3.8, 4) is 0 Å². The lowest BCUT2D eigenvalue weighted by Gasteiger charge is -2.35. The molecular weight excluding hydrogens is 336 g/mol. The van der Waals surface area contributed by atoms with E-state index in [1.165, 1.54) is 0 Å². The SMILES string of the molecule is CC(=O)N1CCCCC1c1ccc(C(=O)NCc2scnc2C)n1C. The molecule has 25 heavy (non-hydrogen) atoms. The number of aromatic nitrogens is 2. The van der Waals surface area contributed by atoms with Gasteiger partial charge in [0.15, 0.2) is 0 Å². The lowest BCUT2D eigenvalue weighted by Crippen LogP contribution is -2.38. The Bertz CT molecular complexity index is 780. The molecule has 1 fully saturated rings. The second-order valence-electron chi connectivity index (χ2n) is 6.47. The Hall–Kier alpha value is -2.15. The van der Waals surface area contributed by atoms with Gasteiger partial charge in [-0.25, -0.2) is 4.98 Å². The number of nitrogens with zero attached hydrogens (tertiary/aromatic N) is 3. The van der Waals surface area contributed by atoms with Crippen molar-refractivity contribution in [1.82, 2.24) is 19.8 Å². The van der Waals surface area contributed by atoms with Crippen LogP contribution in [0.25, 0.3) is 0 Å². The van der Waals surface area contributed by atoms with Gasteiger partial charge in [-0.3, -0.25) is 9.59 Å². The Morgan fingerprint density at radius 2 is 2.16 bits per heavy atom. The van der Waals surface area contributed by atoms with Crippen LogP contribution in [0.1, 0.15) is 59.0 Å². The van der Waals surface area contributed by atoms with E-state index in [1.54, 1.807) is 23.8 Å². The summed E-state index contributed by atoms with van der Waals surface area (Å²) in [5, 5.41) is 2.96. The van der Waals surface area contributed by atoms with E-state index in [2.05, 4.69) is 10.3 Å². The van der Waals surface area contributed by atoms with Gasteiger partial charge in [0.25, 0.3) is 5.91 Å². The number of hydrogen-bond donors (Lipinski definition) is 1. The van der Waals surface area contributed by atoms with Crippen LogP contribution in [-0.4, -0.2) is 32.8 Å². The van der Waals surface area contributed by atoms with Crippen molar-refractivity contribution in [2.75, 3.05) is 6.54 Å². The van der Waals surface area contributed by atoms with Crippen LogP contribution in [-0.2, 0) is 18.4 Å². The average molecular weight is 360 g/mol. The first-order chi connectivity index (χ1) is 12.0. The third kappa shape index (κ3) is 3.61. The van der Waals surface area contributed by atoms with Gasteiger partial charge < -0.3 is 14.8 Å². The highest BCUT2D eigenvalue weighted by Crippen LogP contribution is 2.31. The van der Waals surface area contributed by atoms with Crippen LogP contribution in [0.4, 0.5) is 0 Å². The van der Waals surface area contributed by atoms with E-state index in [1.807, 2.05) is 35.6 Å². The van der Waals surface area contributed by atoms with Crippen molar-refractivity contribution >= 4 is 23.2 Å². The highest BCUT2D eigenvalue weighted by molar-refractivity contribution is 7.09. The number of piperidine rings is 1. The second kappa shape index (κ2) is 7.39. The van der Waals surface area contributed by atoms with Gasteiger partial charge in [0.1, 0.15) is 5.69 Å². The Morgan fingerprint density at radius 1 is 1.36 bits per heavy atom. The van der Waals surface area contributed by atoms with Gasteiger partial charge in [-0.05, 0) is 38.3 Å². The Morgan fingerprint density at radius 3 is 2.84 bits per heavy atom. The third-order valence-electron chi connectivity index (χ3n) is 4.90. The molecule has 0 saturated carbocycles. The molecule has 1 unspecified atom stereocenters. The number of thiazole rings is 1. The van der Waals surface area contributed by atoms with Crippen LogP contribution in [0.5, 0.6) is 0 Å². The predicted molar refractivity (Wildman–Crippen MR) is 97.4 cm³/mol. The van der Waals surface area contributed by atoms with Gasteiger partial charge in [-0.1, -0.05) is 0 Å². The smallest absolute Gasteiger partial charge is 0.268 e. The van der Waals surface area contributed by atoms with E-state index >= 15 is 0 Å². The van der Waals surface area contributed by atoms with E-state index in [4.69, 9.17) is 0 Å². The molecule has 0 aromatic carbocycles. The van der Waals surface area contributed by atoms with Gasteiger partial charge >= 0.3 is 0 Å². The van der Waals surface area contributed by atoms with Crippen molar-refractivity contribution in [3.05, 3.63) is 39.6 Å². The maximum Gasteiger partial charge on any atom is 0.268 e.